The van der Waals surface area contributed by atoms with Crippen LogP contribution in [-0.4, -0.2) is 0 Å². The fourth-order valence-corrected chi connectivity index (χ4v) is 13.0. The Hall–Kier alpha value is -8.60. The molecule has 72 heavy (non-hydrogen) atoms. The largest absolute Gasteiger partial charge is 0.457 e. The van der Waals surface area contributed by atoms with E-state index in [9.17, 15) is 0 Å². The van der Waals surface area contributed by atoms with Crippen LogP contribution >= 0.6 is 0 Å². The van der Waals surface area contributed by atoms with Crippen molar-refractivity contribution < 1.29 is 9.47 Å². The van der Waals surface area contributed by atoms with Gasteiger partial charge in [-0.2, -0.15) is 0 Å². The Morgan fingerprint density at radius 1 is 0.389 bits per heavy atom. The summed E-state index contributed by atoms with van der Waals surface area (Å²) in [5, 5.41) is 4.79. The molecular formula is C68H50N2O2. The Bertz CT molecular complexity index is 4030. The van der Waals surface area contributed by atoms with E-state index in [1.54, 1.807) is 0 Å². The first kappa shape index (κ1) is 41.2. The van der Waals surface area contributed by atoms with Crippen molar-refractivity contribution in [1.82, 2.24) is 0 Å². The van der Waals surface area contributed by atoms with Crippen LogP contribution in [0.3, 0.4) is 0 Å². The molecule has 0 N–H and O–H groups in total. The van der Waals surface area contributed by atoms with E-state index in [1.807, 2.05) is 0 Å². The normalized spacial score (nSPS) is 15.9. The maximum Gasteiger partial charge on any atom is 0.151 e. The quantitative estimate of drug-likeness (QED) is 0.164. The van der Waals surface area contributed by atoms with Crippen molar-refractivity contribution in [3.05, 3.63) is 240 Å². The molecule has 10 aromatic carbocycles. The van der Waals surface area contributed by atoms with Gasteiger partial charge in [0.25, 0.3) is 0 Å². The number of hydrogen-bond acceptors (Lipinski definition) is 4. The van der Waals surface area contributed by atoms with Crippen molar-refractivity contribution in [3.8, 4) is 61.8 Å². The second-order valence-electron chi connectivity index (χ2n) is 21.1. The fraction of sp³-hybridized carbons (Fsp3) is 0.118. The summed E-state index contributed by atoms with van der Waals surface area (Å²) in [6.07, 6.45) is 6.34. The minimum Gasteiger partial charge on any atom is -0.457 e. The third-order valence-corrected chi connectivity index (χ3v) is 16.5. The summed E-state index contributed by atoms with van der Waals surface area (Å²) in [6, 6.07) is 72.1. The Morgan fingerprint density at radius 3 is 1.38 bits per heavy atom. The van der Waals surface area contributed by atoms with E-state index >= 15 is 0 Å². The first-order valence-corrected chi connectivity index (χ1v) is 25.4. The molecule has 4 heteroatoms. The monoisotopic (exact) mass is 926 g/mol. The predicted molar refractivity (Wildman–Crippen MR) is 297 cm³/mol. The third-order valence-electron chi connectivity index (χ3n) is 16.5. The molecule has 0 unspecified atom stereocenters. The van der Waals surface area contributed by atoms with E-state index in [0.717, 1.165) is 70.0 Å². The number of rotatable bonds is 4. The number of anilines is 5. The Kier molecular flexibility index (Phi) is 8.56. The van der Waals surface area contributed by atoms with Crippen LogP contribution in [0.4, 0.5) is 28.4 Å². The molecular weight excluding hydrogens is 877 g/mol. The lowest BCUT2D eigenvalue weighted by molar-refractivity contribution is 0.388. The number of benzene rings is 10. The molecule has 2 aliphatic heterocycles. The second kappa shape index (κ2) is 15.0. The highest BCUT2D eigenvalue weighted by atomic mass is 16.5. The smallest absolute Gasteiger partial charge is 0.151 e. The van der Waals surface area contributed by atoms with Crippen molar-refractivity contribution >= 4 is 50.0 Å². The highest BCUT2D eigenvalue weighted by Gasteiger charge is 2.38. The van der Waals surface area contributed by atoms with Gasteiger partial charge in [-0.05, 0) is 174 Å². The molecule has 0 fully saturated rings. The molecule has 0 bridgehead atoms. The van der Waals surface area contributed by atoms with Gasteiger partial charge in [0.15, 0.2) is 17.2 Å². The molecule has 15 rings (SSSR count). The van der Waals surface area contributed by atoms with E-state index in [-0.39, 0.29) is 10.8 Å². The number of ether oxygens (including phenoxy) is 2. The van der Waals surface area contributed by atoms with Crippen molar-refractivity contribution in [2.75, 3.05) is 9.80 Å². The van der Waals surface area contributed by atoms with Crippen LogP contribution in [0.2, 0.25) is 0 Å². The molecule has 0 atom stereocenters. The summed E-state index contributed by atoms with van der Waals surface area (Å²) in [6.45, 7) is 9.54. The molecule has 0 spiro atoms. The van der Waals surface area contributed by atoms with Crippen LogP contribution in [0, 0.1) is 0 Å². The Morgan fingerprint density at radius 2 is 0.833 bits per heavy atom. The summed E-state index contributed by atoms with van der Waals surface area (Å²) in [5.41, 5.74) is 21.5. The number of nitrogens with zero attached hydrogens (tertiary/aromatic N) is 2. The maximum atomic E-state index is 6.65. The van der Waals surface area contributed by atoms with E-state index in [0.29, 0.717) is 0 Å². The van der Waals surface area contributed by atoms with Crippen LogP contribution < -0.4 is 19.3 Å². The van der Waals surface area contributed by atoms with Gasteiger partial charge in [-0.3, -0.25) is 0 Å². The van der Waals surface area contributed by atoms with E-state index < -0.39 is 0 Å². The fourth-order valence-electron chi connectivity index (χ4n) is 13.0. The van der Waals surface area contributed by atoms with Gasteiger partial charge in [0.05, 0.1) is 22.8 Å². The first-order valence-electron chi connectivity index (χ1n) is 25.4. The number of hydrogen-bond donors (Lipinski definition) is 0. The molecule has 3 aliphatic carbocycles. The minimum atomic E-state index is -0.176. The van der Waals surface area contributed by atoms with Crippen LogP contribution in [0.5, 0.6) is 17.2 Å². The third kappa shape index (κ3) is 5.75. The zero-order chi connectivity index (χ0) is 48.0. The van der Waals surface area contributed by atoms with Crippen LogP contribution in [-0.2, 0) is 10.8 Å². The lowest BCUT2D eigenvalue weighted by Crippen LogP contribution is -2.24. The zero-order valence-electron chi connectivity index (χ0n) is 40.8. The molecule has 4 nitrogen and oxygen atoms in total. The van der Waals surface area contributed by atoms with Gasteiger partial charge in [0, 0.05) is 28.6 Å². The van der Waals surface area contributed by atoms with E-state index in [4.69, 9.17) is 9.47 Å². The Labute approximate surface area is 420 Å². The van der Waals surface area contributed by atoms with Crippen LogP contribution in [0.25, 0.3) is 66.1 Å². The molecule has 0 saturated heterocycles. The SMILES string of the molecule is CC1(C)c2ccccc2-c2ccc(-c3c4ccc(N5c6ccccc6Oc6ccccc65)cc4c(-c4ccc5c(c4)C(C)(C)c4ccccc4-5)c4ccc(N5C6=C(CCC=C6)Oc6ccccc65)cc34)cc21. The van der Waals surface area contributed by atoms with Crippen molar-refractivity contribution in [2.24, 2.45) is 0 Å². The van der Waals surface area contributed by atoms with Crippen LogP contribution in [0.15, 0.2) is 218 Å². The molecule has 2 heterocycles. The van der Waals surface area contributed by atoms with Gasteiger partial charge in [-0.15, -0.1) is 0 Å². The summed E-state index contributed by atoms with van der Waals surface area (Å²) in [5.74, 6) is 3.56. The molecule has 0 aromatic heterocycles. The van der Waals surface area contributed by atoms with Gasteiger partial charge in [-0.1, -0.05) is 155 Å². The topological polar surface area (TPSA) is 24.9 Å². The van der Waals surface area contributed by atoms with Gasteiger partial charge < -0.3 is 19.3 Å². The molecule has 344 valence electrons. The highest BCUT2D eigenvalue weighted by molar-refractivity contribution is 6.23. The van der Waals surface area contributed by atoms with Gasteiger partial charge in [-0.25, -0.2) is 0 Å². The van der Waals surface area contributed by atoms with Crippen molar-refractivity contribution in [3.63, 3.8) is 0 Å². The number of fused-ring (bicyclic) bond motifs is 11. The number of allylic oxidation sites excluding steroid dienone is 3. The van der Waals surface area contributed by atoms with Crippen molar-refractivity contribution in [1.29, 1.82) is 0 Å². The summed E-state index contributed by atoms with van der Waals surface area (Å²) >= 11 is 0. The minimum absolute atomic E-state index is 0.175. The average molecular weight is 927 g/mol. The van der Waals surface area contributed by atoms with E-state index in [1.165, 1.54) is 88.3 Å². The highest BCUT2D eigenvalue weighted by Crippen LogP contribution is 2.57. The van der Waals surface area contributed by atoms with Gasteiger partial charge >= 0.3 is 0 Å². The maximum absolute atomic E-state index is 6.65. The van der Waals surface area contributed by atoms with Gasteiger partial charge in [0.1, 0.15) is 5.76 Å². The first-order chi connectivity index (χ1) is 35.2. The number of para-hydroxylation sites is 6. The average Bonchev–Trinajstić information content (AvgIpc) is 3.79. The second-order valence-corrected chi connectivity index (χ2v) is 21.1. The van der Waals surface area contributed by atoms with E-state index in [2.05, 4.69) is 244 Å². The molecule has 0 radical (unpaired) electrons. The summed E-state index contributed by atoms with van der Waals surface area (Å²) in [7, 11) is 0. The predicted octanol–water partition coefficient (Wildman–Crippen LogP) is 18.6. The summed E-state index contributed by atoms with van der Waals surface area (Å²) in [4.78, 5) is 4.80. The molecule has 5 aliphatic rings. The lowest BCUT2D eigenvalue weighted by Gasteiger charge is -2.35. The lowest BCUT2D eigenvalue weighted by atomic mass is 9.79. The summed E-state index contributed by atoms with van der Waals surface area (Å²) < 4.78 is 13.2. The standard InChI is InChI=1S/C68H50N2O2/c1-67(2)53-19-7-5-17-45(53)47-33-29-41(37-55(47)67)65-49-35-31-44(70-59-23-11-15-27-63(59)72-64-28-16-12-24-60(64)70)40-52(49)66(42-30-34-48-46-18-6-8-20-54(46)68(3,4)56(48)38-42)50-36-32-43(39-51(50)65)69-57-21-9-13-25-61(57)71-62-26-14-10-22-58(62)69/h5-15,17-27,29-40H,16,28H2,1-4H3. The molecule has 10 aromatic rings. The Balaban J connectivity index is 1.06. The molecule has 0 amide bonds. The molecule has 0 saturated carbocycles. The zero-order valence-corrected chi connectivity index (χ0v) is 40.8. The van der Waals surface area contributed by atoms with Crippen LogP contribution in [0.1, 0.15) is 62.8 Å². The van der Waals surface area contributed by atoms with Crippen molar-refractivity contribution in [2.45, 2.75) is 51.4 Å². The van der Waals surface area contributed by atoms with Gasteiger partial charge in [0.2, 0.25) is 0 Å².